The van der Waals surface area contributed by atoms with Crippen LogP contribution in [0.3, 0.4) is 0 Å². The fourth-order valence-corrected chi connectivity index (χ4v) is 2.27. The van der Waals surface area contributed by atoms with Gasteiger partial charge in [0.2, 0.25) is 0 Å². The van der Waals surface area contributed by atoms with Crippen LogP contribution in [0.25, 0.3) is 0 Å². The summed E-state index contributed by atoms with van der Waals surface area (Å²) in [5, 5.41) is 18.5. The van der Waals surface area contributed by atoms with Gasteiger partial charge in [0, 0.05) is 5.92 Å². The van der Waals surface area contributed by atoms with E-state index < -0.39 is 5.60 Å². The summed E-state index contributed by atoms with van der Waals surface area (Å²) >= 11 is 0. The van der Waals surface area contributed by atoms with E-state index in [0.717, 1.165) is 12.8 Å². The van der Waals surface area contributed by atoms with Gasteiger partial charge in [-0.05, 0) is 25.2 Å². The SMILES string of the molecule is N#C[C@]1(O)CC[C@H]2C=CC[C@H]21. The van der Waals surface area contributed by atoms with Gasteiger partial charge in [0.25, 0.3) is 0 Å². The predicted molar refractivity (Wildman–Crippen MR) is 40.5 cm³/mol. The van der Waals surface area contributed by atoms with E-state index in [4.69, 9.17) is 5.26 Å². The summed E-state index contributed by atoms with van der Waals surface area (Å²) in [6.45, 7) is 0. The van der Waals surface area contributed by atoms with Crippen molar-refractivity contribution < 1.29 is 5.11 Å². The Morgan fingerprint density at radius 3 is 3.18 bits per heavy atom. The first-order valence-corrected chi connectivity index (χ1v) is 4.06. The maximum Gasteiger partial charge on any atom is 0.154 e. The summed E-state index contributed by atoms with van der Waals surface area (Å²) in [6, 6.07) is 2.03. The van der Waals surface area contributed by atoms with Crippen molar-refractivity contribution in [2.45, 2.75) is 24.9 Å². The van der Waals surface area contributed by atoms with Gasteiger partial charge in [-0.2, -0.15) is 5.26 Å². The van der Waals surface area contributed by atoms with Crippen molar-refractivity contribution in [3.63, 3.8) is 0 Å². The van der Waals surface area contributed by atoms with Crippen molar-refractivity contribution in [1.82, 2.24) is 0 Å². The second kappa shape index (κ2) is 2.09. The van der Waals surface area contributed by atoms with Crippen LogP contribution in [0, 0.1) is 23.2 Å². The van der Waals surface area contributed by atoms with Crippen molar-refractivity contribution in [1.29, 1.82) is 5.26 Å². The molecule has 2 nitrogen and oxygen atoms in total. The quantitative estimate of drug-likeness (QED) is 0.416. The van der Waals surface area contributed by atoms with Gasteiger partial charge in [-0.25, -0.2) is 0 Å². The number of nitrogens with zero attached hydrogens (tertiary/aromatic N) is 1. The molecule has 1 saturated carbocycles. The molecule has 2 aliphatic carbocycles. The number of rotatable bonds is 0. The summed E-state index contributed by atoms with van der Waals surface area (Å²) in [4.78, 5) is 0. The topological polar surface area (TPSA) is 44.0 Å². The third-order valence-electron chi connectivity index (χ3n) is 2.96. The molecule has 0 heterocycles. The standard InChI is InChI=1S/C9H11NO/c10-6-9(11)5-4-7-2-1-3-8(7)9/h1-2,7-8,11H,3-5H2/t7-,8-,9-/m1/s1. The molecular formula is C9H11NO. The Morgan fingerprint density at radius 2 is 2.45 bits per heavy atom. The minimum atomic E-state index is -1.02. The second-order valence-corrected chi connectivity index (χ2v) is 3.51. The zero-order valence-corrected chi connectivity index (χ0v) is 6.33. The van der Waals surface area contributed by atoms with Crippen molar-refractivity contribution in [2.24, 2.45) is 11.8 Å². The van der Waals surface area contributed by atoms with E-state index >= 15 is 0 Å². The number of nitriles is 1. The largest absolute Gasteiger partial charge is 0.375 e. The van der Waals surface area contributed by atoms with E-state index in [2.05, 4.69) is 12.2 Å². The van der Waals surface area contributed by atoms with Gasteiger partial charge in [0.15, 0.2) is 5.60 Å². The smallest absolute Gasteiger partial charge is 0.154 e. The molecule has 2 rings (SSSR count). The number of hydrogen-bond acceptors (Lipinski definition) is 2. The lowest BCUT2D eigenvalue weighted by molar-refractivity contribution is 0.0561. The van der Waals surface area contributed by atoms with Crippen LogP contribution in [0.15, 0.2) is 12.2 Å². The third-order valence-corrected chi connectivity index (χ3v) is 2.96. The molecule has 11 heavy (non-hydrogen) atoms. The summed E-state index contributed by atoms with van der Waals surface area (Å²) in [7, 11) is 0. The first-order valence-electron chi connectivity index (χ1n) is 4.06. The summed E-state index contributed by atoms with van der Waals surface area (Å²) in [5.74, 6) is 0.659. The maximum atomic E-state index is 9.77. The van der Waals surface area contributed by atoms with E-state index in [1.54, 1.807) is 0 Å². The van der Waals surface area contributed by atoms with Gasteiger partial charge >= 0.3 is 0 Å². The van der Waals surface area contributed by atoms with Gasteiger partial charge in [0.05, 0.1) is 6.07 Å². The van der Waals surface area contributed by atoms with E-state index in [-0.39, 0.29) is 5.92 Å². The lowest BCUT2D eigenvalue weighted by Crippen LogP contribution is -2.31. The summed E-state index contributed by atoms with van der Waals surface area (Å²) in [5.41, 5.74) is -1.02. The molecule has 1 fully saturated rings. The molecule has 0 bridgehead atoms. The summed E-state index contributed by atoms with van der Waals surface area (Å²) in [6.07, 6.45) is 6.74. The van der Waals surface area contributed by atoms with Crippen molar-refractivity contribution in [3.05, 3.63) is 12.2 Å². The second-order valence-electron chi connectivity index (χ2n) is 3.51. The average Bonchev–Trinajstić information content (AvgIpc) is 2.55. The first-order chi connectivity index (χ1) is 5.26. The molecule has 0 aliphatic heterocycles. The lowest BCUT2D eigenvalue weighted by Gasteiger charge is -2.20. The normalized spacial score (nSPS) is 47.3. The molecule has 0 aromatic rings. The van der Waals surface area contributed by atoms with Gasteiger partial charge in [-0.3, -0.25) is 0 Å². The number of allylic oxidation sites excluding steroid dienone is 2. The summed E-state index contributed by atoms with van der Waals surface area (Å²) < 4.78 is 0. The zero-order chi connectivity index (χ0) is 7.90. The van der Waals surface area contributed by atoms with E-state index in [0.29, 0.717) is 12.3 Å². The Labute approximate surface area is 66.1 Å². The number of hydrogen-bond donors (Lipinski definition) is 1. The van der Waals surface area contributed by atoms with Crippen LogP contribution in [0.5, 0.6) is 0 Å². The highest BCUT2D eigenvalue weighted by molar-refractivity contribution is 5.19. The molecule has 1 N–H and O–H groups in total. The first kappa shape index (κ1) is 6.87. The Hall–Kier alpha value is -0.810. The molecule has 0 saturated heterocycles. The average molecular weight is 149 g/mol. The Kier molecular flexibility index (Phi) is 1.30. The molecule has 0 spiro atoms. The van der Waals surface area contributed by atoms with Gasteiger partial charge in [-0.1, -0.05) is 12.2 Å². The van der Waals surface area contributed by atoms with Crippen LogP contribution in [0.2, 0.25) is 0 Å². The van der Waals surface area contributed by atoms with Gasteiger partial charge < -0.3 is 5.11 Å². The lowest BCUT2D eigenvalue weighted by atomic mass is 9.88. The van der Waals surface area contributed by atoms with Gasteiger partial charge in [-0.15, -0.1) is 0 Å². The molecule has 2 heteroatoms. The predicted octanol–water partition coefficient (Wildman–Crippen LogP) is 1.23. The van der Waals surface area contributed by atoms with Gasteiger partial charge in [0.1, 0.15) is 0 Å². The maximum absolute atomic E-state index is 9.77. The van der Waals surface area contributed by atoms with Crippen LogP contribution < -0.4 is 0 Å². The minimum Gasteiger partial charge on any atom is -0.375 e. The van der Waals surface area contributed by atoms with Crippen LogP contribution in [0.4, 0.5) is 0 Å². The Balaban J connectivity index is 2.25. The van der Waals surface area contributed by atoms with Crippen LogP contribution in [-0.2, 0) is 0 Å². The molecule has 0 aromatic carbocycles. The molecule has 0 radical (unpaired) electrons. The van der Waals surface area contributed by atoms with Crippen LogP contribution >= 0.6 is 0 Å². The molecular weight excluding hydrogens is 138 g/mol. The van der Waals surface area contributed by atoms with Crippen LogP contribution in [-0.4, -0.2) is 10.7 Å². The van der Waals surface area contributed by atoms with Crippen LogP contribution in [0.1, 0.15) is 19.3 Å². The molecule has 0 unspecified atom stereocenters. The van der Waals surface area contributed by atoms with Crippen molar-refractivity contribution in [3.8, 4) is 6.07 Å². The Morgan fingerprint density at radius 1 is 1.64 bits per heavy atom. The molecule has 0 amide bonds. The highest BCUT2D eigenvalue weighted by atomic mass is 16.3. The molecule has 3 atom stereocenters. The minimum absolute atomic E-state index is 0.187. The molecule has 58 valence electrons. The van der Waals surface area contributed by atoms with E-state index in [1.165, 1.54) is 0 Å². The van der Waals surface area contributed by atoms with Crippen molar-refractivity contribution >= 4 is 0 Å². The fraction of sp³-hybridized carbons (Fsp3) is 0.667. The number of aliphatic hydroxyl groups is 1. The van der Waals surface area contributed by atoms with Crippen molar-refractivity contribution in [2.75, 3.05) is 0 Å². The third kappa shape index (κ3) is 0.812. The number of fused-ring (bicyclic) bond motifs is 1. The monoisotopic (exact) mass is 149 g/mol. The molecule has 0 aromatic heterocycles. The zero-order valence-electron chi connectivity index (χ0n) is 6.33. The Bertz CT molecular complexity index is 240. The van der Waals surface area contributed by atoms with E-state index in [9.17, 15) is 5.11 Å². The highest BCUT2D eigenvalue weighted by Crippen LogP contribution is 2.45. The van der Waals surface area contributed by atoms with E-state index in [1.807, 2.05) is 6.07 Å². The molecule has 2 aliphatic rings. The fourth-order valence-electron chi connectivity index (χ4n) is 2.27. The highest BCUT2D eigenvalue weighted by Gasteiger charge is 2.47.